The molecular weight excluding hydrogens is 202 g/mol. The Hall–Kier alpha value is -1.03. The van der Waals surface area contributed by atoms with Crippen molar-refractivity contribution in [1.82, 2.24) is 9.91 Å². The highest BCUT2D eigenvalue weighted by molar-refractivity contribution is 6.02. The van der Waals surface area contributed by atoms with Crippen molar-refractivity contribution in [1.29, 1.82) is 0 Å². The van der Waals surface area contributed by atoms with E-state index in [0.29, 0.717) is 0 Å². The van der Waals surface area contributed by atoms with Gasteiger partial charge < -0.3 is 9.64 Å². The van der Waals surface area contributed by atoms with Crippen molar-refractivity contribution >= 4 is 5.71 Å². The second-order valence-corrected chi connectivity index (χ2v) is 4.35. The molecule has 0 aromatic heterocycles. The summed E-state index contributed by atoms with van der Waals surface area (Å²) in [4.78, 5) is 2.40. The van der Waals surface area contributed by atoms with E-state index in [-0.39, 0.29) is 0 Å². The lowest BCUT2D eigenvalue weighted by atomic mass is 10.1. The highest BCUT2D eigenvalue weighted by Gasteiger charge is 2.22. The summed E-state index contributed by atoms with van der Waals surface area (Å²) < 4.78 is 5.35. The molecule has 2 aliphatic rings. The molecule has 0 unspecified atom stereocenters. The highest BCUT2D eigenvalue weighted by atomic mass is 16.5. The van der Waals surface area contributed by atoms with Gasteiger partial charge in [0.25, 0.3) is 0 Å². The maximum absolute atomic E-state index is 5.35. The van der Waals surface area contributed by atoms with Gasteiger partial charge in [-0.2, -0.15) is 5.10 Å². The molecule has 0 saturated carbocycles. The first kappa shape index (κ1) is 11.5. The predicted octanol–water partition coefficient (Wildman–Crippen LogP) is 1.30. The normalized spacial score (nSPS) is 19.6. The summed E-state index contributed by atoms with van der Waals surface area (Å²) in [5.74, 6) is 0. The molecule has 0 spiro atoms. The van der Waals surface area contributed by atoms with Crippen LogP contribution in [-0.4, -0.2) is 55.5 Å². The van der Waals surface area contributed by atoms with Crippen molar-refractivity contribution in [3.8, 4) is 0 Å². The minimum Gasteiger partial charge on any atom is -0.382 e. The largest absolute Gasteiger partial charge is 0.382 e. The van der Waals surface area contributed by atoms with E-state index in [1.54, 1.807) is 0 Å². The smallest absolute Gasteiger partial charge is 0.0688 e. The molecule has 16 heavy (non-hydrogen) atoms. The first-order valence-corrected chi connectivity index (χ1v) is 6.11. The van der Waals surface area contributed by atoms with Gasteiger partial charge in [-0.15, -0.1) is 0 Å². The van der Waals surface area contributed by atoms with Gasteiger partial charge in [-0.05, 0) is 13.3 Å². The number of rotatable bonds is 5. The SMILES string of the molecule is CCOCCCN1C=C2CN(C)N=C2CC1. The average molecular weight is 223 g/mol. The van der Waals surface area contributed by atoms with Gasteiger partial charge >= 0.3 is 0 Å². The number of likely N-dealkylation sites (N-methyl/N-ethyl adjacent to an activating group) is 1. The number of nitrogens with zero attached hydrogens (tertiary/aromatic N) is 3. The Labute approximate surface area is 97.6 Å². The minimum absolute atomic E-state index is 0.822. The average Bonchev–Trinajstić information content (AvgIpc) is 2.64. The van der Waals surface area contributed by atoms with Crippen molar-refractivity contribution in [2.75, 3.05) is 39.9 Å². The Morgan fingerprint density at radius 1 is 1.50 bits per heavy atom. The summed E-state index contributed by atoms with van der Waals surface area (Å²) in [6.45, 7) is 6.90. The Balaban J connectivity index is 1.79. The van der Waals surface area contributed by atoms with E-state index >= 15 is 0 Å². The molecule has 0 N–H and O–H groups in total. The fraction of sp³-hybridized carbons (Fsp3) is 0.750. The summed E-state index contributed by atoms with van der Waals surface area (Å²) in [7, 11) is 2.03. The summed E-state index contributed by atoms with van der Waals surface area (Å²) in [6.07, 6.45) is 4.47. The molecule has 0 atom stereocenters. The van der Waals surface area contributed by atoms with Crippen LogP contribution < -0.4 is 0 Å². The lowest BCUT2D eigenvalue weighted by Crippen LogP contribution is -2.28. The predicted molar refractivity (Wildman–Crippen MR) is 65.4 cm³/mol. The third-order valence-electron chi connectivity index (χ3n) is 2.97. The molecule has 0 aromatic rings. The summed E-state index contributed by atoms with van der Waals surface area (Å²) >= 11 is 0. The van der Waals surface area contributed by atoms with E-state index in [1.807, 2.05) is 19.0 Å². The van der Waals surface area contributed by atoms with Crippen molar-refractivity contribution in [2.45, 2.75) is 19.8 Å². The maximum atomic E-state index is 5.35. The zero-order valence-electron chi connectivity index (χ0n) is 10.3. The quantitative estimate of drug-likeness (QED) is 0.658. The molecule has 0 aromatic carbocycles. The maximum Gasteiger partial charge on any atom is 0.0688 e. The number of hydrogen-bond donors (Lipinski definition) is 0. The minimum atomic E-state index is 0.822. The van der Waals surface area contributed by atoms with Crippen LogP contribution in [0, 0.1) is 0 Å². The van der Waals surface area contributed by atoms with Gasteiger partial charge in [0.05, 0.1) is 12.3 Å². The van der Waals surface area contributed by atoms with Crippen LogP contribution >= 0.6 is 0 Å². The lowest BCUT2D eigenvalue weighted by molar-refractivity contribution is 0.138. The van der Waals surface area contributed by atoms with Gasteiger partial charge in [0.2, 0.25) is 0 Å². The van der Waals surface area contributed by atoms with Crippen LogP contribution in [0.5, 0.6) is 0 Å². The molecule has 0 amide bonds. The zero-order chi connectivity index (χ0) is 11.4. The number of hydrogen-bond acceptors (Lipinski definition) is 4. The molecule has 0 bridgehead atoms. The standard InChI is InChI=1S/C12H21N3O/c1-3-16-8-4-6-15-7-5-12-11(10-15)9-14(2)13-12/h10H,3-9H2,1-2H3. The highest BCUT2D eigenvalue weighted by Crippen LogP contribution is 2.19. The van der Waals surface area contributed by atoms with Crippen LogP contribution in [0.25, 0.3) is 0 Å². The lowest BCUT2D eigenvalue weighted by Gasteiger charge is -2.25. The Bertz CT molecular complexity index is 299. The molecule has 0 fully saturated rings. The summed E-state index contributed by atoms with van der Waals surface area (Å²) in [6, 6.07) is 0. The Kier molecular flexibility index (Phi) is 3.83. The summed E-state index contributed by atoms with van der Waals surface area (Å²) in [5, 5.41) is 6.50. The second-order valence-electron chi connectivity index (χ2n) is 4.35. The van der Waals surface area contributed by atoms with Crippen LogP contribution in [0.3, 0.4) is 0 Å². The first-order chi connectivity index (χ1) is 7.79. The molecule has 90 valence electrons. The van der Waals surface area contributed by atoms with E-state index in [9.17, 15) is 0 Å². The first-order valence-electron chi connectivity index (χ1n) is 6.11. The number of fused-ring (bicyclic) bond motifs is 1. The van der Waals surface area contributed by atoms with Gasteiger partial charge in [0.15, 0.2) is 0 Å². The fourth-order valence-electron chi connectivity index (χ4n) is 2.19. The van der Waals surface area contributed by atoms with Crippen LogP contribution in [0.1, 0.15) is 19.8 Å². The zero-order valence-corrected chi connectivity index (χ0v) is 10.3. The summed E-state index contributed by atoms with van der Waals surface area (Å²) in [5.41, 5.74) is 2.67. The van der Waals surface area contributed by atoms with Crippen LogP contribution in [0.2, 0.25) is 0 Å². The molecule has 4 nitrogen and oxygen atoms in total. The molecule has 0 radical (unpaired) electrons. The Morgan fingerprint density at radius 2 is 2.38 bits per heavy atom. The fourth-order valence-corrected chi connectivity index (χ4v) is 2.19. The van der Waals surface area contributed by atoms with Gasteiger partial charge in [0, 0.05) is 51.5 Å². The van der Waals surface area contributed by atoms with Gasteiger partial charge in [-0.3, -0.25) is 5.01 Å². The third-order valence-corrected chi connectivity index (χ3v) is 2.97. The van der Waals surface area contributed by atoms with E-state index in [2.05, 4.69) is 16.2 Å². The van der Waals surface area contributed by atoms with Crippen molar-refractivity contribution in [3.05, 3.63) is 11.8 Å². The molecule has 2 heterocycles. The molecule has 2 rings (SSSR count). The van der Waals surface area contributed by atoms with Crippen LogP contribution in [0.15, 0.2) is 16.9 Å². The molecule has 2 aliphatic heterocycles. The van der Waals surface area contributed by atoms with Crippen molar-refractivity contribution in [2.24, 2.45) is 5.10 Å². The topological polar surface area (TPSA) is 28.1 Å². The number of ether oxygens (including phenoxy) is 1. The van der Waals surface area contributed by atoms with Gasteiger partial charge in [0.1, 0.15) is 0 Å². The van der Waals surface area contributed by atoms with Crippen LogP contribution in [0.4, 0.5) is 0 Å². The van der Waals surface area contributed by atoms with Crippen molar-refractivity contribution < 1.29 is 4.74 Å². The van der Waals surface area contributed by atoms with Crippen molar-refractivity contribution in [3.63, 3.8) is 0 Å². The van der Waals surface area contributed by atoms with E-state index in [4.69, 9.17) is 4.74 Å². The Morgan fingerprint density at radius 3 is 3.19 bits per heavy atom. The molecular formula is C12H21N3O. The molecule has 4 heteroatoms. The second kappa shape index (κ2) is 5.34. The van der Waals surface area contributed by atoms with Gasteiger partial charge in [-0.25, -0.2) is 0 Å². The van der Waals surface area contributed by atoms with E-state index in [1.165, 1.54) is 11.3 Å². The molecule has 0 saturated heterocycles. The van der Waals surface area contributed by atoms with Crippen LogP contribution in [-0.2, 0) is 4.74 Å². The van der Waals surface area contributed by atoms with E-state index in [0.717, 1.165) is 45.7 Å². The van der Waals surface area contributed by atoms with E-state index < -0.39 is 0 Å². The number of hydrazone groups is 1. The molecule has 0 aliphatic carbocycles. The monoisotopic (exact) mass is 223 g/mol. The van der Waals surface area contributed by atoms with Gasteiger partial charge in [-0.1, -0.05) is 0 Å². The third kappa shape index (κ3) is 2.76.